The Morgan fingerprint density at radius 2 is 1.62 bits per heavy atom. The van der Waals surface area contributed by atoms with E-state index in [0.29, 0.717) is 55.8 Å². The van der Waals surface area contributed by atoms with Crippen LogP contribution in [0, 0.1) is 17.6 Å². The van der Waals surface area contributed by atoms with Crippen LogP contribution in [-0.2, 0) is 9.47 Å². The number of carbonyl (C=O) groups excluding carboxylic acids is 2. The summed E-state index contributed by atoms with van der Waals surface area (Å²) in [4.78, 5) is 33.4. The summed E-state index contributed by atoms with van der Waals surface area (Å²) in [6, 6.07) is 8.94. The molecule has 1 aliphatic rings. The van der Waals surface area contributed by atoms with Gasteiger partial charge in [-0.2, -0.15) is 4.98 Å². The standard InChI is InChI=1S/C33H43F2N3O7/c1-32(2,3)44-30(39)37-16-15-22(20-37)21-38(31(40)45-33(4,5)6)29-36-26-14-13-23(19-27(26)43-29)41-17-8-7-9-18-42-28-24(34)11-10-12-25(28)35/h10-14,19,22H,7-9,15-18,20-21H2,1-6H3/t22-/m0/s1. The van der Waals surface area contributed by atoms with Crippen molar-refractivity contribution < 1.29 is 41.7 Å². The molecule has 1 atom stereocenters. The maximum Gasteiger partial charge on any atom is 0.418 e. The zero-order valence-corrected chi connectivity index (χ0v) is 26.9. The highest BCUT2D eigenvalue weighted by Gasteiger charge is 2.35. The van der Waals surface area contributed by atoms with Crippen LogP contribution < -0.4 is 14.4 Å². The summed E-state index contributed by atoms with van der Waals surface area (Å²) in [7, 11) is 0. The molecule has 0 aliphatic carbocycles. The maximum atomic E-state index is 13.7. The molecule has 1 aromatic heterocycles. The molecule has 2 aromatic carbocycles. The number of anilines is 1. The van der Waals surface area contributed by atoms with Crippen molar-refractivity contribution in [2.24, 2.45) is 5.92 Å². The number of hydrogen-bond acceptors (Lipinski definition) is 8. The van der Waals surface area contributed by atoms with Crippen LogP contribution in [0.1, 0.15) is 67.2 Å². The Morgan fingerprint density at radius 3 is 2.29 bits per heavy atom. The Bertz CT molecular complexity index is 1440. The van der Waals surface area contributed by atoms with Gasteiger partial charge in [0.05, 0.1) is 13.2 Å². The number of nitrogens with zero attached hydrogens (tertiary/aromatic N) is 3. The van der Waals surface area contributed by atoms with Crippen LogP contribution in [-0.4, -0.2) is 66.1 Å². The zero-order chi connectivity index (χ0) is 32.8. The predicted octanol–water partition coefficient (Wildman–Crippen LogP) is 7.73. The molecule has 1 fully saturated rings. The van der Waals surface area contributed by atoms with Crippen molar-refractivity contribution in [1.82, 2.24) is 9.88 Å². The fourth-order valence-electron chi connectivity index (χ4n) is 4.74. The van der Waals surface area contributed by atoms with Crippen LogP contribution in [0.15, 0.2) is 40.8 Å². The third kappa shape index (κ3) is 9.95. The van der Waals surface area contributed by atoms with Crippen molar-refractivity contribution in [3.05, 3.63) is 48.0 Å². The van der Waals surface area contributed by atoms with Crippen LogP contribution in [0.25, 0.3) is 11.1 Å². The van der Waals surface area contributed by atoms with E-state index in [-0.39, 0.29) is 36.9 Å². The van der Waals surface area contributed by atoms with Gasteiger partial charge >= 0.3 is 18.2 Å². The van der Waals surface area contributed by atoms with Crippen molar-refractivity contribution in [3.63, 3.8) is 0 Å². The highest BCUT2D eigenvalue weighted by Crippen LogP contribution is 2.29. The van der Waals surface area contributed by atoms with E-state index in [0.717, 1.165) is 18.6 Å². The number of para-hydroxylation sites is 1. The molecular formula is C33H43F2N3O7. The van der Waals surface area contributed by atoms with E-state index in [1.807, 2.05) is 20.8 Å². The second kappa shape index (κ2) is 14.3. The molecule has 0 saturated carbocycles. The first kappa shape index (κ1) is 33.8. The number of oxazole rings is 1. The SMILES string of the molecule is CC(C)(C)OC(=O)N1CC[C@H](CN(C(=O)OC(C)(C)C)c2nc3ccc(OCCCCCOc4c(F)cccc4F)cc3o2)C1. The summed E-state index contributed by atoms with van der Waals surface area (Å²) < 4.78 is 55.7. The lowest BCUT2D eigenvalue weighted by molar-refractivity contribution is 0.0288. The fraction of sp³-hybridized carbons (Fsp3) is 0.545. The first-order valence-corrected chi connectivity index (χ1v) is 15.3. The number of aromatic nitrogens is 1. The van der Waals surface area contributed by atoms with Crippen LogP contribution in [0.3, 0.4) is 0 Å². The molecule has 0 spiro atoms. The van der Waals surface area contributed by atoms with Crippen molar-refractivity contribution in [2.45, 2.75) is 78.4 Å². The predicted molar refractivity (Wildman–Crippen MR) is 165 cm³/mol. The van der Waals surface area contributed by atoms with Gasteiger partial charge in [0.15, 0.2) is 23.0 Å². The van der Waals surface area contributed by atoms with Gasteiger partial charge in [-0.1, -0.05) is 6.07 Å². The Kier molecular flexibility index (Phi) is 10.8. The first-order valence-electron chi connectivity index (χ1n) is 15.3. The average molecular weight is 632 g/mol. The van der Waals surface area contributed by atoms with E-state index < -0.39 is 28.9 Å². The number of unbranched alkanes of at least 4 members (excludes halogenated alkanes) is 2. The molecule has 4 rings (SSSR count). The molecule has 0 unspecified atom stereocenters. The van der Waals surface area contributed by atoms with E-state index in [4.69, 9.17) is 23.4 Å². The molecule has 3 aromatic rings. The number of rotatable bonds is 11. The lowest BCUT2D eigenvalue weighted by Crippen LogP contribution is -2.41. The largest absolute Gasteiger partial charge is 0.493 e. The van der Waals surface area contributed by atoms with Crippen molar-refractivity contribution in [3.8, 4) is 11.5 Å². The number of likely N-dealkylation sites (tertiary alicyclic amines) is 1. The highest BCUT2D eigenvalue weighted by molar-refractivity contribution is 5.87. The van der Waals surface area contributed by atoms with E-state index in [2.05, 4.69) is 4.98 Å². The van der Waals surface area contributed by atoms with Gasteiger partial charge in [-0.3, -0.25) is 0 Å². The van der Waals surface area contributed by atoms with E-state index >= 15 is 0 Å². The third-order valence-corrected chi connectivity index (χ3v) is 6.79. The number of amides is 2. The minimum atomic E-state index is -0.735. The lowest BCUT2D eigenvalue weighted by atomic mass is 10.1. The average Bonchev–Trinajstić information content (AvgIpc) is 3.57. The summed E-state index contributed by atoms with van der Waals surface area (Å²) in [6.45, 7) is 12.6. The summed E-state index contributed by atoms with van der Waals surface area (Å²) in [5.41, 5.74) is -0.344. The quantitative estimate of drug-likeness (QED) is 0.198. The molecule has 1 saturated heterocycles. The number of benzene rings is 2. The molecular weight excluding hydrogens is 588 g/mol. The zero-order valence-electron chi connectivity index (χ0n) is 26.9. The molecule has 2 heterocycles. The van der Waals surface area contributed by atoms with E-state index in [9.17, 15) is 18.4 Å². The van der Waals surface area contributed by atoms with E-state index in [1.54, 1.807) is 43.9 Å². The monoisotopic (exact) mass is 631 g/mol. The van der Waals surface area contributed by atoms with Gasteiger partial charge < -0.3 is 28.3 Å². The number of carbonyl (C=O) groups is 2. The second-order valence-electron chi connectivity index (χ2n) is 13.1. The maximum absolute atomic E-state index is 13.7. The van der Waals surface area contributed by atoms with Gasteiger partial charge in [0.1, 0.15) is 22.5 Å². The van der Waals surface area contributed by atoms with Crippen LogP contribution >= 0.6 is 0 Å². The van der Waals surface area contributed by atoms with Gasteiger partial charge in [-0.25, -0.2) is 23.3 Å². The topological polar surface area (TPSA) is 104 Å². The van der Waals surface area contributed by atoms with Crippen molar-refractivity contribution in [2.75, 3.05) is 37.7 Å². The molecule has 1 aliphatic heterocycles. The van der Waals surface area contributed by atoms with Gasteiger partial charge in [-0.05, 0) is 97.4 Å². The summed E-state index contributed by atoms with van der Waals surface area (Å²) in [5.74, 6) is -1.26. The highest BCUT2D eigenvalue weighted by atomic mass is 19.1. The van der Waals surface area contributed by atoms with Crippen LogP contribution in [0.5, 0.6) is 11.5 Å². The smallest absolute Gasteiger partial charge is 0.418 e. The molecule has 2 amide bonds. The molecule has 246 valence electrons. The number of ether oxygens (including phenoxy) is 4. The molecule has 10 nitrogen and oxygen atoms in total. The fourth-order valence-corrected chi connectivity index (χ4v) is 4.74. The lowest BCUT2D eigenvalue weighted by Gasteiger charge is -2.27. The van der Waals surface area contributed by atoms with Crippen molar-refractivity contribution in [1.29, 1.82) is 0 Å². The minimum absolute atomic E-state index is 0.0323. The summed E-state index contributed by atoms with van der Waals surface area (Å²) >= 11 is 0. The van der Waals surface area contributed by atoms with Crippen molar-refractivity contribution >= 4 is 29.3 Å². The molecule has 0 radical (unpaired) electrons. The normalized spacial score (nSPS) is 15.3. The molecule has 0 bridgehead atoms. The number of fused-ring (bicyclic) bond motifs is 1. The van der Waals surface area contributed by atoms with Gasteiger partial charge in [0.25, 0.3) is 0 Å². The van der Waals surface area contributed by atoms with Gasteiger partial charge in [0.2, 0.25) is 0 Å². The molecule has 45 heavy (non-hydrogen) atoms. The third-order valence-electron chi connectivity index (χ3n) is 6.79. The van der Waals surface area contributed by atoms with Crippen LogP contribution in [0.2, 0.25) is 0 Å². The van der Waals surface area contributed by atoms with Gasteiger partial charge in [0, 0.05) is 25.7 Å². The van der Waals surface area contributed by atoms with Crippen LogP contribution in [0.4, 0.5) is 24.4 Å². The number of halogens is 2. The second-order valence-corrected chi connectivity index (χ2v) is 13.1. The Morgan fingerprint density at radius 1 is 0.956 bits per heavy atom. The summed E-state index contributed by atoms with van der Waals surface area (Å²) in [5, 5.41) is 0. The Balaban J connectivity index is 1.34. The van der Waals surface area contributed by atoms with E-state index in [1.165, 1.54) is 11.0 Å². The Labute approximate surface area is 262 Å². The Hall–Kier alpha value is -4.09. The molecule has 12 heteroatoms. The van der Waals surface area contributed by atoms with Gasteiger partial charge in [-0.15, -0.1) is 0 Å². The number of hydrogen-bond donors (Lipinski definition) is 0. The minimum Gasteiger partial charge on any atom is -0.493 e. The summed E-state index contributed by atoms with van der Waals surface area (Å²) in [6.07, 6.45) is 1.76. The molecule has 0 N–H and O–H groups in total. The first-order chi connectivity index (χ1) is 21.2.